The van der Waals surface area contributed by atoms with Crippen LogP contribution in [0.5, 0.6) is 0 Å². The van der Waals surface area contributed by atoms with Gasteiger partial charge in [0, 0.05) is 31.9 Å². The average Bonchev–Trinajstić information content (AvgIpc) is 3.48. The molecule has 0 amide bonds. The lowest BCUT2D eigenvalue weighted by Gasteiger charge is -2.20. The van der Waals surface area contributed by atoms with Gasteiger partial charge >= 0.3 is 0 Å². The van der Waals surface area contributed by atoms with Gasteiger partial charge in [-0.1, -0.05) is 17.7 Å². The predicted molar refractivity (Wildman–Crippen MR) is 118 cm³/mol. The lowest BCUT2D eigenvalue weighted by molar-refractivity contribution is 0.574. The van der Waals surface area contributed by atoms with Crippen LogP contribution < -0.4 is 15.5 Å². The molecule has 0 bridgehead atoms. The summed E-state index contributed by atoms with van der Waals surface area (Å²) in [5.74, 6) is 2.25. The maximum absolute atomic E-state index is 6.29. The fourth-order valence-corrected chi connectivity index (χ4v) is 4.14. The maximum Gasteiger partial charge on any atom is 0.236 e. The van der Waals surface area contributed by atoms with E-state index in [0.29, 0.717) is 17.5 Å². The molecule has 7 nitrogen and oxygen atoms in total. The molecule has 3 aromatic heterocycles. The van der Waals surface area contributed by atoms with E-state index in [4.69, 9.17) is 16.0 Å². The minimum absolute atomic E-state index is 0.268. The van der Waals surface area contributed by atoms with E-state index in [1.807, 2.05) is 29.6 Å². The molecule has 1 atom stereocenters. The second-order valence-corrected chi connectivity index (χ2v) is 8.06. The molecule has 1 aliphatic heterocycles. The first kappa shape index (κ1) is 19.7. The third kappa shape index (κ3) is 4.89. The molecule has 0 radical (unpaired) electrons. The highest BCUT2D eigenvalue weighted by atomic mass is 35.5. The monoisotopic (exact) mass is 430 g/mol. The highest BCUT2D eigenvalue weighted by Gasteiger charge is 2.25. The van der Waals surface area contributed by atoms with Gasteiger partial charge in [0.2, 0.25) is 5.89 Å². The number of hydrogen-bond donors (Lipinski definition) is 2. The highest BCUT2D eigenvalue weighted by Crippen LogP contribution is 2.26. The zero-order valence-corrected chi connectivity index (χ0v) is 17.7. The molecule has 0 aromatic carbocycles. The largest absolute Gasteiger partial charge is 0.443 e. The summed E-state index contributed by atoms with van der Waals surface area (Å²) < 4.78 is 5.57. The van der Waals surface area contributed by atoms with Gasteiger partial charge in [0.05, 0.1) is 16.4 Å². The molecule has 1 unspecified atom stereocenters. The van der Waals surface area contributed by atoms with Crippen LogP contribution in [-0.2, 0) is 6.54 Å². The van der Waals surface area contributed by atoms with E-state index in [1.165, 1.54) is 0 Å². The number of pyridine rings is 1. The van der Waals surface area contributed by atoms with Crippen LogP contribution in [0.15, 0.2) is 51.5 Å². The van der Waals surface area contributed by atoms with Gasteiger partial charge in [-0.15, -0.1) is 11.3 Å². The summed E-state index contributed by atoms with van der Waals surface area (Å²) in [6.45, 7) is 5.02. The van der Waals surface area contributed by atoms with Gasteiger partial charge in [-0.2, -0.15) is 0 Å². The van der Waals surface area contributed by atoms with Crippen LogP contribution in [0.25, 0.3) is 10.8 Å². The molecule has 152 valence electrons. The van der Waals surface area contributed by atoms with Crippen LogP contribution in [0, 0.1) is 0 Å². The summed E-state index contributed by atoms with van der Waals surface area (Å²) in [4.78, 5) is 16.8. The Morgan fingerprint density at radius 3 is 3.14 bits per heavy atom. The molecule has 9 heteroatoms. The minimum atomic E-state index is 0.268. The van der Waals surface area contributed by atoms with Crippen LogP contribution in [-0.4, -0.2) is 41.6 Å². The van der Waals surface area contributed by atoms with Gasteiger partial charge in [-0.25, -0.2) is 15.0 Å². The summed E-state index contributed by atoms with van der Waals surface area (Å²) in [6.07, 6.45) is 4.43. The number of guanidine groups is 1. The lowest BCUT2D eigenvalue weighted by Crippen LogP contribution is -2.44. The molecular weight excluding hydrogens is 408 g/mol. The predicted octanol–water partition coefficient (Wildman–Crippen LogP) is 3.79. The van der Waals surface area contributed by atoms with Crippen LogP contribution in [0.4, 0.5) is 5.82 Å². The Balaban J connectivity index is 1.37. The molecule has 0 spiro atoms. The molecule has 4 rings (SSSR count). The Kier molecular flexibility index (Phi) is 6.31. The van der Waals surface area contributed by atoms with Crippen molar-refractivity contribution in [1.29, 1.82) is 0 Å². The smallest absolute Gasteiger partial charge is 0.236 e. The van der Waals surface area contributed by atoms with Gasteiger partial charge in [0.1, 0.15) is 17.8 Å². The quantitative estimate of drug-likeness (QED) is 0.457. The number of anilines is 1. The number of nitrogens with one attached hydrogen (secondary N) is 2. The highest BCUT2D eigenvalue weighted by molar-refractivity contribution is 7.13. The second-order valence-electron chi connectivity index (χ2n) is 6.70. The molecule has 0 aliphatic carbocycles. The molecule has 1 fully saturated rings. The Labute approximate surface area is 178 Å². The van der Waals surface area contributed by atoms with Crippen molar-refractivity contribution in [3.05, 3.63) is 52.8 Å². The van der Waals surface area contributed by atoms with E-state index in [0.717, 1.165) is 48.4 Å². The van der Waals surface area contributed by atoms with Crippen molar-refractivity contribution in [2.24, 2.45) is 4.99 Å². The van der Waals surface area contributed by atoms with Crippen molar-refractivity contribution in [3.8, 4) is 10.8 Å². The number of halogens is 1. The summed E-state index contributed by atoms with van der Waals surface area (Å²) in [5, 5.41) is 9.50. The van der Waals surface area contributed by atoms with Gasteiger partial charge < -0.3 is 20.0 Å². The van der Waals surface area contributed by atoms with Gasteiger partial charge in [-0.3, -0.25) is 0 Å². The molecule has 0 saturated carbocycles. The lowest BCUT2D eigenvalue weighted by atomic mass is 10.3. The normalized spacial score (nSPS) is 17.0. The van der Waals surface area contributed by atoms with Crippen molar-refractivity contribution >= 4 is 34.7 Å². The van der Waals surface area contributed by atoms with E-state index in [2.05, 4.69) is 37.4 Å². The maximum atomic E-state index is 6.29. The molecule has 2 N–H and O–H groups in total. The molecule has 4 heterocycles. The Hall–Kier alpha value is -2.58. The first-order valence-electron chi connectivity index (χ1n) is 9.61. The van der Waals surface area contributed by atoms with Crippen LogP contribution in [0.1, 0.15) is 19.0 Å². The summed E-state index contributed by atoms with van der Waals surface area (Å²) >= 11 is 7.89. The average molecular weight is 431 g/mol. The summed E-state index contributed by atoms with van der Waals surface area (Å²) in [6, 6.07) is 7.97. The van der Waals surface area contributed by atoms with Crippen LogP contribution in [0.2, 0.25) is 5.02 Å². The standard InChI is InChI=1S/C20H23ClN6OS/c1-2-22-20(24-11-15-13-28-19(25-15)17-6-4-10-29-17)26-14-7-9-27(12-14)18-16(21)5-3-8-23-18/h3-6,8,10,13-14H,2,7,9,11-12H2,1H3,(H2,22,24,26). The Morgan fingerprint density at radius 2 is 2.34 bits per heavy atom. The van der Waals surface area contributed by atoms with Crippen molar-refractivity contribution in [3.63, 3.8) is 0 Å². The SMILES string of the molecule is CCNC(=NCc1coc(-c2cccs2)n1)NC1CCN(c2ncccc2Cl)C1. The van der Waals surface area contributed by atoms with Gasteiger partial charge in [0.15, 0.2) is 5.96 Å². The number of nitrogens with zero attached hydrogens (tertiary/aromatic N) is 4. The first-order valence-corrected chi connectivity index (χ1v) is 10.9. The fraction of sp³-hybridized carbons (Fsp3) is 0.350. The number of aliphatic imine (C=N–C) groups is 1. The third-order valence-electron chi connectivity index (χ3n) is 4.59. The fourth-order valence-electron chi connectivity index (χ4n) is 3.25. The van der Waals surface area contributed by atoms with Crippen LogP contribution >= 0.6 is 22.9 Å². The summed E-state index contributed by atoms with van der Waals surface area (Å²) in [7, 11) is 0. The number of rotatable bonds is 6. The Bertz CT molecular complexity index is 958. The third-order valence-corrected chi connectivity index (χ3v) is 5.75. The Morgan fingerprint density at radius 1 is 1.41 bits per heavy atom. The minimum Gasteiger partial charge on any atom is -0.443 e. The van der Waals surface area contributed by atoms with E-state index in [1.54, 1.807) is 23.8 Å². The van der Waals surface area contributed by atoms with Crippen molar-refractivity contribution in [2.45, 2.75) is 25.9 Å². The van der Waals surface area contributed by atoms with Gasteiger partial charge in [-0.05, 0) is 36.9 Å². The molecule has 3 aromatic rings. The van der Waals surface area contributed by atoms with E-state index in [-0.39, 0.29) is 6.04 Å². The van der Waals surface area contributed by atoms with Crippen LogP contribution in [0.3, 0.4) is 0 Å². The van der Waals surface area contributed by atoms with Crippen molar-refractivity contribution in [2.75, 3.05) is 24.5 Å². The van der Waals surface area contributed by atoms with E-state index in [9.17, 15) is 0 Å². The zero-order chi connectivity index (χ0) is 20.1. The number of hydrogen-bond acceptors (Lipinski definition) is 6. The molecule has 1 saturated heterocycles. The topological polar surface area (TPSA) is 78.6 Å². The summed E-state index contributed by atoms with van der Waals surface area (Å²) in [5.41, 5.74) is 0.805. The van der Waals surface area contributed by atoms with E-state index < -0.39 is 0 Å². The molecular formula is C20H23ClN6OS. The number of aromatic nitrogens is 2. The number of thiophene rings is 1. The molecule has 1 aliphatic rings. The van der Waals surface area contributed by atoms with Crippen molar-refractivity contribution in [1.82, 2.24) is 20.6 Å². The molecule has 29 heavy (non-hydrogen) atoms. The zero-order valence-electron chi connectivity index (χ0n) is 16.1. The van der Waals surface area contributed by atoms with Crippen molar-refractivity contribution < 1.29 is 4.42 Å². The van der Waals surface area contributed by atoms with Gasteiger partial charge in [0.25, 0.3) is 0 Å². The first-order chi connectivity index (χ1) is 14.2. The second kappa shape index (κ2) is 9.28. The number of oxazole rings is 1. The van der Waals surface area contributed by atoms with E-state index >= 15 is 0 Å².